The average Bonchev–Trinajstić information content (AvgIpc) is 2.58. The van der Waals surface area contributed by atoms with Crippen molar-refractivity contribution in [1.82, 2.24) is 0 Å². The summed E-state index contributed by atoms with van der Waals surface area (Å²) >= 11 is 0. The molecule has 1 N–H and O–H groups in total. The Balaban J connectivity index is 1.67. The van der Waals surface area contributed by atoms with Crippen molar-refractivity contribution in [3.8, 4) is 0 Å². The van der Waals surface area contributed by atoms with Crippen molar-refractivity contribution in [2.24, 2.45) is 11.8 Å². The van der Waals surface area contributed by atoms with Crippen molar-refractivity contribution < 1.29 is 24.4 Å². The molecule has 0 radical (unpaired) electrons. The highest BCUT2D eigenvalue weighted by Gasteiger charge is 2.37. The minimum absolute atomic E-state index is 0.0149. The maximum Gasteiger partial charge on any atom is 0.171 e. The third kappa shape index (κ3) is 5.78. The van der Waals surface area contributed by atoms with Crippen LogP contribution in [0.25, 0.3) is 0 Å². The van der Waals surface area contributed by atoms with Crippen LogP contribution in [0.1, 0.15) is 51.4 Å². The summed E-state index contributed by atoms with van der Waals surface area (Å²) in [5.41, 5.74) is 2.43. The van der Waals surface area contributed by atoms with E-state index in [0.717, 1.165) is 38.5 Å². The maximum absolute atomic E-state index is 12.6. The fourth-order valence-corrected chi connectivity index (χ4v) is 3.65. The van der Waals surface area contributed by atoms with Crippen molar-refractivity contribution in [3.63, 3.8) is 0 Å². The molecule has 23 heavy (non-hydrogen) atoms. The molecule has 130 valence electrons. The van der Waals surface area contributed by atoms with E-state index in [1.165, 1.54) is 12.7 Å². The van der Waals surface area contributed by atoms with Crippen LogP contribution in [0.4, 0.5) is 0 Å². The molecule has 0 aromatic carbocycles. The Morgan fingerprint density at radius 3 is 2.65 bits per heavy atom. The Hall–Kier alpha value is -1.13. The van der Waals surface area contributed by atoms with E-state index in [0.29, 0.717) is 19.6 Å². The van der Waals surface area contributed by atoms with Crippen LogP contribution < -0.4 is 0 Å². The summed E-state index contributed by atoms with van der Waals surface area (Å²) < 4.78 is 5.68. The first-order chi connectivity index (χ1) is 11.2. The van der Waals surface area contributed by atoms with Gasteiger partial charge in [0.25, 0.3) is 0 Å². The summed E-state index contributed by atoms with van der Waals surface area (Å²) in [6.45, 7) is 4.04. The summed E-state index contributed by atoms with van der Waals surface area (Å²) in [6.07, 6.45) is 8.22. The van der Waals surface area contributed by atoms with Crippen molar-refractivity contribution in [3.05, 3.63) is 18.6 Å². The normalized spacial score (nSPS) is 28.8. The number of carbonyl (C=O) groups excluding carboxylic acids is 1. The van der Waals surface area contributed by atoms with Gasteiger partial charge in [-0.2, -0.15) is 4.89 Å². The fraction of sp³-hybridized carbons (Fsp3) is 0.778. The maximum atomic E-state index is 12.6. The molecule has 0 bridgehead atoms. The number of Topliss-reactive ketones (excluding diaryl/α,β-unsaturated/α-hetero) is 1. The van der Waals surface area contributed by atoms with Crippen LogP contribution in [-0.4, -0.2) is 36.3 Å². The van der Waals surface area contributed by atoms with Gasteiger partial charge < -0.3 is 14.7 Å². The van der Waals surface area contributed by atoms with Gasteiger partial charge in [0.15, 0.2) is 6.26 Å². The summed E-state index contributed by atoms with van der Waals surface area (Å²) in [5, 5.41) is 10.3. The lowest BCUT2D eigenvalue weighted by Crippen LogP contribution is -2.40. The van der Waals surface area contributed by atoms with Gasteiger partial charge in [0.2, 0.25) is 0 Å². The summed E-state index contributed by atoms with van der Waals surface area (Å²) in [7, 11) is 0. The van der Waals surface area contributed by atoms with Crippen LogP contribution >= 0.6 is 0 Å². The number of aliphatic hydroxyl groups is 1. The third-order valence-electron chi connectivity index (χ3n) is 4.86. The van der Waals surface area contributed by atoms with Crippen LogP contribution in [0.5, 0.6) is 0 Å². The Bertz CT molecular complexity index is 410. The van der Waals surface area contributed by atoms with Gasteiger partial charge in [-0.05, 0) is 25.7 Å². The zero-order valence-electron chi connectivity index (χ0n) is 13.7. The van der Waals surface area contributed by atoms with Crippen LogP contribution in [0, 0.1) is 11.8 Å². The molecule has 2 aliphatic carbocycles. The van der Waals surface area contributed by atoms with Crippen molar-refractivity contribution in [1.29, 1.82) is 0 Å². The van der Waals surface area contributed by atoms with E-state index >= 15 is 0 Å². The number of hydrogen-bond donors (Lipinski definition) is 1. The number of aliphatic hydroxyl groups excluding tert-OH is 1. The molecule has 0 heterocycles. The smallest absolute Gasteiger partial charge is 0.171 e. The highest BCUT2D eigenvalue weighted by Crippen LogP contribution is 2.33. The number of rotatable bonds is 8. The first kappa shape index (κ1) is 18.2. The van der Waals surface area contributed by atoms with E-state index in [-0.39, 0.29) is 23.7 Å². The number of carbonyl (C=O) groups is 1. The molecular weight excluding hydrogens is 296 g/mol. The Morgan fingerprint density at radius 2 is 1.96 bits per heavy atom. The molecule has 3 unspecified atom stereocenters. The van der Waals surface area contributed by atoms with Crippen molar-refractivity contribution in [2.45, 2.75) is 63.6 Å². The molecule has 0 spiro atoms. The van der Waals surface area contributed by atoms with Crippen LogP contribution in [0.3, 0.4) is 0 Å². The van der Waals surface area contributed by atoms with E-state index < -0.39 is 6.10 Å². The van der Waals surface area contributed by atoms with Gasteiger partial charge in [-0.15, -0.1) is 0 Å². The standard InChI is InChI=1S/C18H28O5/c1-2-10-22-23-12-11-21-15-8-9-16(17(19)13-15)18(20)14-6-4-3-5-7-14/h10,14-17,19H,1,3-9,11-13H2. The fourth-order valence-electron chi connectivity index (χ4n) is 3.65. The molecule has 2 aliphatic rings. The Morgan fingerprint density at radius 1 is 1.17 bits per heavy atom. The second-order valence-electron chi connectivity index (χ2n) is 6.46. The summed E-state index contributed by atoms with van der Waals surface area (Å²) in [4.78, 5) is 22.0. The zero-order chi connectivity index (χ0) is 16.5. The van der Waals surface area contributed by atoms with Crippen LogP contribution in [0.2, 0.25) is 0 Å². The molecule has 0 amide bonds. The lowest BCUT2D eigenvalue weighted by Gasteiger charge is -2.34. The summed E-state index contributed by atoms with van der Waals surface area (Å²) in [5.74, 6) is 0.253. The molecule has 2 fully saturated rings. The van der Waals surface area contributed by atoms with Crippen molar-refractivity contribution in [2.75, 3.05) is 13.2 Å². The predicted octanol–water partition coefficient (Wildman–Crippen LogP) is 2.93. The number of hydrogen-bond acceptors (Lipinski definition) is 5. The highest BCUT2D eigenvalue weighted by molar-refractivity contribution is 5.84. The summed E-state index contributed by atoms with van der Waals surface area (Å²) in [6, 6.07) is 0. The van der Waals surface area contributed by atoms with Gasteiger partial charge in [-0.1, -0.05) is 31.6 Å². The minimum atomic E-state index is -0.580. The molecule has 2 rings (SSSR count). The third-order valence-corrected chi connectivity index (χ3v) is 4.86. The van der Waals surface area contributed by atoms with Gasteiger partial charge in [0.1, 0.15) is 12.4 Å². The molecule has 0 aliphatic heterocycles. The van der Waals surface area contributed by atoms with Gasteiger partial charge in [0, 0.05) is 18.3 Å². The first-order valence-corrected chi connectivity index (χ1v) is 8.68. The highest BCUT2D eigenvalue weighted by atomic mass is 17.2. The molecule has 3 atom stereocenters. The largest absolute Gasteiger partial charge is 0.392 e. The molecule has 5 nitrogen and oxygen atoms in total. The first-order valence-electron chi connectivity index (χ1n) is 8.68. The van der Waals surface area contributed by atoms with Gasteiger partial charge in [-0.3, -0.25) is 4.79 Å². The van der Waals surface area contributed by atoms with E-state index in [2.05, 4.69) is 17.2 Å². The lowest BCUT2D eigenvalue weighted by atomic mass is 9.74. The van der Waals surface area contributed by atoms with Crippen LogP contribution in [-0.2, 0) is 19.3 Å². The van der Waals surface area contributed by atoms with E-state index in [9.17, 15) is 9.90 Å². The quantitative estimate of drug-likeness (QED) is 0.244. The van der Waals surface area contributed by atoms with Crippen LogP contribution in [0.15, 0.2) is 18.6 Å². The van der Waals surface area contributed by atoms with Gasteiger partial charge in [0.05, 0.1) is 18.8 Å². The molecule has 0 saturated heterocycles. The molecule has 0 aromatic heterocycles. The minimum Gasteiger partial charge on any atom is -0.392 e. The van der Waals surface area contributed by atoms with Gasteiger partial charge in [-0.25, -0.2) is 0 Å². The second kappa shape index (κ2) is 9.89. The number of ether oxygens (including phenoxy) is 1. The number of ketones is 1. The topological polar surface area (TPSA) is 65.0 Å². The lowest BCUT2D eigenvalue weighted by molar-refractivity contribution is -0.257. The predicted molar refractivity (Wildman–Crippen MR) is 85.4 cm³/mol. The van der Waals surface area contributed by atoms with Gasteiger partial charge >= 0.3 is 0 Å². The average molecular weight is 324 g/mol. The van der Waals surface area contributed by atoms with E-state index in [1.807, 2.05) is 0 Å². The zero-order valence-corrected chi connectivity index (χ0v) is 13.7. The van der Waals surface area contributed by atoms with E-state index in [4.69, 9.17) is 9.62 Å². The van der Waals surface area contributed by atoms with E-state index in [1.54, 1.807) is 0 Å². The SMILES string of the molecule is C=C=COOCCOC1CCC(C(=O)C2CCCCC2)C(O)C1. The molecular formula is C18H28O5. The van der Waals surface area contributed by atoms with Crippen molar-refractivity contribution >= 4 is 5.78 Å². The molecule has 2 saturated carbocycles. The Kier molecular flexibility index (Phi) is 7.83. The second-order valence-corrected chi connectivity index (χ2v) is 6.46. The molecule has 0 aromatic rings. The Labute approximate surface area is 138 Å². The monoisotopic (exact) mass is 324 g/mol. The molecule has 5 heteroatoms.